The minimum absolute atomic E-state index is 0.0452. The summed E-state index contributed by atoms with van der Waals surface area (Å²) in [5.41, 5.74) is 3.85. The molecule has 0 aromatic carbocycles. The van der Waals surface area contributed by atoms with E-state index in [1.165, 1.54) is 12.1 Å². The Morgan fingerprint density at radius 1 is 1.09 bits per heavy atom. The number of hydrogen-bond donors (Lipinski definition) is 1. The van der Waals surface area contributed by atoms with Gasteiger partial charge in [-0.05, 0) is 56.6 Å². The third-order valence-corrected chi connectivity index (χ3v) is 6.37. The monoisotopic (exact) mass is 432 g/mol. The van der Waals surface area contributed by atoms with Gasteiger partial charge in [0.15, 0.2) is 0 Å². The van der Waals surface area contributed by atoms with Crippen LogP contribution in [-0.4, -0.2) is 44.7 Å². The van der Waals surface area contributed by atoms with E-state index in [1.807, 2.05) is 19.2 Å². The number of nitriles is 1. The quantitative estimate of drug-likeness (QED) is 0.635. The summed E-state index contributed by atoms with van der Waals surface area (Å²) >= 11 is 0. The summed E-state index contributed by atoms with van der Waals surface area (Å²) in [5.74, 6) is 0. The summed E-state index contributed by atoms with van der Waals surface area (Å²) in [4.78, 5) is 31.0. The Labute approximate surface area is 186 Å². The van der Waals surface area contributed by atoms with Gasteiger partial charge in [0.1, 0.15) is 6.07 Å². The van der Waals surface area contributed by atoms with E-state index in [0.29, 0.717) is 24.7 Å². The molecule has 4 heterocycles. The van der Waals surface area contributed by atoms with Crippen LogP contribution in [0.4, 0.5) is 0 Å². The fourth-order valence-corrected chi connectivity index (χ4v) is 4.30. The van der Waals surface area contributed by atoms with Crippen LogP contribution in [0.5, 0.6) is 0 Å². The van der Waals surface area contributed by atoms with Crippen molar-refractivity contribution in [1.82, 2.24) is 24.3 Å². The van der Waals surface area contributed by atoms with Crippen molar-refractivity contribution < 1.29 is 0 Å². The molecule has 3 aromatic heterocycles. The highest BCUT2D eigenvalue weighted by atomic mass is 16.1. The first-order valence-electron chi connectivity index (χ1n) is 11.0. The van der Waals surface area contributed by atoms with Crippen LogP contribution in [0.25, 0.3) is 11.0 Å². The first kappa shape index (κ1) is 21.9. The molecular weight excluding hydrogens is 404 g/mol. The number of rotatable bonds is 6. The van der Waals surface area contributed by atoms with Crippen molar-refractivity contribution in [3.05, 3.63) is 74.1 Å². The van der Waals surface area contributed by atoms with Crippen LogP contribution in [0.15, 0.2) is 46.1 Å². The summed E-state index contributed by atoms with van der Waals surface area (Å²) in [5, 5.41) is 12.8. The maximum Gasteiger partial charge on any atom is 0.251 e. The Kier molecular flexibility index (Phi) is 6.49. The number of pyridine rings is 3. The first-order valence-corrected chi connectivity index (χ1v) is 11.0. The number of nitrogens with zero attached hydrogens (tertiary/aromatic N) is 5. The predicted octanol–water partition coefficient (Wildman–Crippen LogP) is 1.53. The van der Waals surface area contributed by atoms with Gasteiger partial charge < -0.3 is 19.4 Å². The molecule has 0 aliphatic carbocycles. The van der Waals surface area contributed by atoms with Gasteiger partial charge in [-0.15, -0.1) is 0 Å². The molecule has 8 nitrogen and oxygen atoms in total. The van der Waals surface area contributed by atoms with E-state index in [2.05, 4.69) is 21.3 Å². The zero-order chi connectivity index (χ0) is 22.7. The molecule has 0 atom stereocenters. The lowest BCUT2D eigenvalue weighted by molar-refractivity contribution is 0.191. The van der Waals surface area contributed by atoms with E-state index in [9.17, 15) is 14.9 Å². The van der Waals surface area contributed by atoms with Gasteiger partial charge in [0.2, 0.25) is 0 Å². The Hall–Kier alpha value is -3.28. The molecular formula is C24H28N6O2. The maximum atomic E-state index is 12.5. The van der Waals surface area contributed by atoms with Crippen LogP contribution in [0.3, 0.4) is 0 Å². The fourth-order valence-electron chi connectivity index (χ4n) is 4.30. The Morgan fingerprint density at radius 3 is 2.56 bits per heavy atom. The summed E-state index contributed by atoms with van der Waals surface area (Å²) in [6.07, 6.45) is 3.89. The van der Waals surface area contributed by atoms with E-state index in [-0.39, 0.29) is 11.1 Å². The van der Waals surface area contributed by atoms with Crippen LogP contribution >= 0.6 is 0 Å². The highest BCUT2D eigenvalue weighted by Gasteiger charge is 2.19. The molecule has 32 heavy (non-hydrogen) atoms. The summed E-state index contributed by atoms with van der Waals surface area (Å²) in [6.45, 7) is 5.87. The molecule has 1 N–H and O–H groups in total. The molecule has 0 saturated carbocycles. The van der Waals surface area contributed by atoms with Crippen LogP contribution in [-0.2, 0) is 20.1 Å². The van der Waals surface area contributed by atoms with E-state index in [0.717, 1.165) is 54.8 Å². The van der Waals surface area contributed by atoms with Crippen molar-refractivity contribution in [2.75, 3.05) is 19.6 Å². The van der Waals surface area contributed by atoms with E-state index in [1.54, 1.807) is 28.3 Å². The lowest BCUT2D eigenvalue weighted by Crippen LogP contribution is -2.43. The van der Waals surface area contributed by atoms with Crippen molar-refractivity contribution in [3.63, 3.8) is 0 Å². The summed E-state index contributed by atoms with van der Waals surface area (Å²) < 4.78 is 3.34. The second-order valence-electron chi connectivity index (χ2n) is 8.41. The molecule has 0 bridgehead atoms. The van der Waals surface area contributed by atoms with Crippen molar-refractivity contribution in [1.29, 1.82) is 5.26 Å². The van der Waals surface area contributed by atoms with Gasteiger partial charge in [0.25, 0.3) is 11.1 Å². The van der Waals surface area contributed by atoms with Gasteiger partial charge in [-0.1, -0.05) is 0 Å². The molecule has 1 fully saturated rings. The van der Waals surface area contributed by atoms with Crippen molar-refractivity contribution >= 4 is 11.0 Å². The Morgan fingerprint density at radius 2 is 1.81 bits per heavy atom. The van der Waals surface area contributed by atoms with E-state index < -0.39 is 0 Å². The molecule has 0 unspecified atom stereocenters. The highest BCUT2D eigenvalue weighted by molar-refractivity contribution is 5.74. The largest absolute Gasteiger partial charge is 0.310 e. The average molecular weight is 433 g/mol. The topological polar surface area (TPSA) is 95.9 Å². The smallest absolute Gasteiger partial charge is 0.251 e. The molecule has 0 amide bonds. The van der Waals surface area contributed by atoms with Crippen LogP contribution in [0.1, 0.15) is 29.7 Å². The van der Waals surface area contributed by atoms with Gasteiger partial charge in [-0.2, -0.15) is 5.26 Å². The molecule has 0 spiro atoms. The first-order chi connectivity index (χ1) is 15.5. The SMILES string of the molecule is Cc1ncc(CNC2CCN(CCn3c(=O)ccc4c3ccc(=O)n4C)CC2)cc1C#N. The summed E-state index contributed by atoms with van der Waals surface area (Å²) in [6, 6.07) is 11.0. The molecule has 0 radical (unpaired) electrons. The van der Waals surface area contributed by atoms with E-state index in [4.69, 9.17) is 0 Å². The summed E-state index contributed by atoms with van der Waals surface area (Å²) in [7, 11) is 1.73. The fraction of sp³-hybridized carbons (Fsp3) is 0.417. The Bertz CT molecular complexity index is 1280. The molecule has 1 aliphatic rings. The van der Waals surface area contributed by atoms with Gasteiger partial charge >= 0.3 is 0 Å². The highest BCUT2D eigenvalue weighted by Crippen LogP contribution is 2.14. The second-order valence-corrected chi connectivity index (χ2v) is 8.41. The molecule has 1 aliphatic heterocycles. The average Bonchev–Trinajstić information content (AvgIpc) is 2.81. The normalized spacial score (nSPS) is 15.2. The third-order valence-electron chi connectivity index (χ3n) is 6.37. The Balaban J connectivity index is 1.32. The minimum atomic E-state index is -0.0810. The molecule has 4 rings (SSSR count). The lowest BCUT2D eigenvalue weighted by atomic mass is 10.0. The van der Waals surface area contributed by atoms with Gasteiger partial charge in [-0.25, -0.2) is 0 Å². The molecule has 3 aromatic rings. The zero-order valence-electron chi connectivity index (χ0n) is 18.5. The molecule has 166 valence electrons. The minimum Gasteiger partial charge on any atom is -0.310 e. The number of piperidine rings is 1. The van der Waals surface area contributed by atoms with Gasteiger partial charge in [0, 0.05) is 51.1 Å². The van der Waals surface area contributed by atoms with E-state index >= 15 is 0 Å². The van der Waals surface area contributed by atoms with Crippen molar-refractivity contribution in [2.45, 2.75) is 38.9 Å². The zero-order valence-corrected chi connectivity index (χ0v) is 18.5. The number of nitrogens with one attached hydrogen (secondary N) is 1. The van der Waals surface area contributed by atoms with Crippen molar-refractivity contribution in [3.8, 4) is 6.07 Å². The second kappa shape index (κ2) is 9.47. The standard InChI is InChI=1S/C24H28N6O2/c1-17-19(14-25)13-18(15-26-17)16-27-20-7-9-29(10-8-20)11-12-30-22-4-5-23(31)28(2)21(22)3-6-24(30)32/h3-6,13,15,20,27H,7-12,16H2,1-2H3. The van der Waals surface area contributed by atoms with Crippen LogP contribution in [0.2, 0.25) is 0 Å². The van der Waals surface area contributed by atoms with Gasteiger partial charge in [0.05, 0.1) is 22.3 Å². The number of hydrogen-bond acceptors (Lipinski definition) is 6. The number of aromatic nitrogens is 3. The van der Waals surface area contributed by atoms with Gasteiger partial charge in [-0.3, -0.25) is 14.6 Å². The number of likely N-dealkylation sites (tertiary alicyclic amines) is 1. The van der Waals surface area contributed by atoms with Crippen LogP contribution < -0.4 is 16.4 Å². The molecule has 8 heteroatoms. The lowest BCUT2D eigenvalue weighted by Gasteiger charge is -2.32. The number of aryl methyl sites for hydroxylation is 2. The van der Waals surface area contributed by atoms with Crippen LogP contribution in [0, 0.1) is 18.3 Å². The predicted molar refractivity (Wildman–Crippen MR) is 123 cm³/mol. The number of fused-ring (bicyclic) bond motifs is 1. The maximum absolute atomic E-state index is 12.5. The molecule has 1 saturated heterocycles. The third kappa shape index (κ3) is 4.64. The van der Waals surface area contributed by atoms with Crippen molar-refractivity contribution in [2.24, 2.45) is 7.05 Å².